The summed E-state index contributed by atoms with van der Waals surface area (Å²) in [5.74, 6) is 3.33. The summed E-state index contributed by atoms with van der Waals surface area (Å²) in [4.78, 5) is 61.9. The minimum Gasteiger partial charge on any atom is -0.467 e. The van der Waals surface area contributed by atoms with Crippen molar-refractivity contribution < 1.29 is 33.4 Å². The zero-order valence-corrected chi connectivity index (χ0v) is 22.5. The van der Waals surface area contributed by atoms with Gasteiger partial charge in [0.2, 0.25) is 0 Å². The average molecular weight is 548 g/mol. The quantitative estimate of drug-likeness (QED) is 0.318. The maximum atomic E-state index is 14.0. The maximum Gasteiger partial charge on any atom is 0.357 e. The van der Waals surface area contributed by atoms with E-state index >= 15 is 0 Å². The Bertz CT molecular complexity index is 1500. The van der Waals surface area contributed by atoms with E-state index in [9.17, 15) is 19.2 Å². The predicted octanol–water partition coefficient (Wildman–Crippen LogP) is 2.30. The number of benzene rings is 1. The second-order valence-electron chi connectivity index (χ2n) is 9.02. The molecule has 11 heteroatoms. The number of anilines is 1. The second kappa shape index (κ2) is 10.0. The third-order valence-electron chi connectivity index (χ3n) is 7.31. The first kappa shape index (κ1) is 26.2. The van der Waals surface area contributed by atoms with Crippen molar-refractivity contribution in [3.63, 3.8) is 0 Å². The molecule has 3 atom stereocenters. The van der Waals surface area contributed by atoms with E-state index in [0.717, 1.165) is 11.3 Å². The van der Waals surface area contributed by atoms with Crippen LogP contribution in [-0.4, -0.2) is 74.5 Å². The van der Waals surface area contributed by atoms with Crippen LogP contribution in [0.2, 0.25) is 0 Å². The van der Waals surface area contributed by atoms with Crippen LogP contribution >= 0.6 is 11.3 Å². The smallest absolute Gasteiger partial charge is 0.357 e. The molecule has 0 bridgehead atoms. The Hall–Kier alpha value is -4.43. The predicted molar refractivity (Wildman–Crippen MR) is 142 cm³/mol. The van der Waals surface area contributed by atoms with Gasteiger partial charge >= 0.3 is 17.9 Å². The topological polar surface area (TPSA) is 115 Å². The molecule has 0 saturated carbocycles. The molecule has 39 heavy (non-hydrogen) atoms. The third kappa shape index (κ3) is 3.74. The van der Waals surface area contributed by atoms with Crippen molar-refractivity contribution in [3.8, 4) is 11.8 Å². The minimum atomic E-state index is -1.18. The van der Waals surface area contributed by atoms with Crippen LogP contribution in [0.1, 0.15) is 28.6 Å². The van der Waals surface area contributed by atoms with Crippen molar-refractivity contribution in [3.05, 3.63) is 63.5 Å². The van der Waals surface area contributed by atoms with Crippen molar-refractivity contribution >= 4 is 46.7 Å². The maximum absolute atomic E-state index is 14.0. The lowest BCUT2D eigenvalue weighted by molar-refractivity contribution is -0.144. The van der Waals surface area contributed by atoms with E-state index in [2.05, 4.69) is 16.8 Å². The van der Waals surface area contributed by atoms with Gasteiger partial charge in [0, 0.05) is 5.69 Å². The number of likely N-dealkylation sites (tertiary alicyclic amines) is 1. The van der Waals surface area contributed by atoms with Crippen LogP contribution in [0.15, 0.2) is 58.0 Å². The number of para-hydroxylation sites is 1. The first-order valence-electron chi connectivity index (χ1n) is 12.1. The summed E-state index contributed by atoms with van der Waals surface area (Å²) >= 11 is 1.21. The monoisotopic (exact) mass is 547 g/mol. The van der Waals surface area contributed by atoms with E-state index in [0.29, 0.717) is 4.88 Å². The van der Waals surface area contributed by atoms with Gasteiger partial charge in [0.1, 0.15) is 11.9 Å². The van der Waals surface area contributed by atoms with Gasteiger partial charge in [0.05, 0.1) is 49.8 Å². The van der Waals surface area contributed by atoms with Crippen molar-refractivity contribution in [2.75, 3.05) is 32.8 Å². The molecule has 0 radical (unpaired) electrons. The van der Waals surface area contributed by atoms with E-state index in [4.69, 9.17) is 14.2 Å². The molecule has 3 aliphatic heterocycles. The molecule has 1 aromatic heterocycles. The van der Waals surface area contributed by atoms with Gasteiger partial charge in [-0.1, -0.05) is 30.2 Å². The molecule has 1 spiro atoms. The summed E-state index contributed by atoms with van der Waals surface area (Å²) in [5.41, 5.74) is -0.0291. The molecule has 10 nitrogen and oxygen atoms in total. The van der Waals surface area contributed by atoms with Crippen LogP contribution in [0.5, 0.6) is 0 Å². The zero-order chi connectivity index (χ0) is 27.9. The molecule has 0 unspecified atom stereocenters. The highest BCUT2D eigenvalue weighted by Crippen LogP contribution is 2.57. The fourth-order valence-corrected chi connectivity index (χ4v) is 6.47. The van der Waals surface area contributed by atoms with Gasteiger partial charge < -0.3 is 19.1 Å². The van der Waals surface area contributed by atoms with Crippen LogP contribution in [0.25, 0.3) is 0 Å². The summed E-state index contributed by atoms with van der Waals surface area (Å²) in [6.07, 6.45) is 0.0578. The number of fused-ring (bicyclic) bond motifs is 1. The number of esters is 3. The van der Waals surface area contributed by atoms with E-state index < -0.39 is 41.3 Å². The SMILES string of the molecule is CC#CCN1c2ccccc2[C@]23C[C@@H](C(=O)OC)N(C(=O)c4cccs4)C2=NC(C(=O)OC)=C(C(=O)OC)[C@H]13. The third-order valence-corrected chi connectivity index (χ3v) is 8.17. The molecule has 4 heterocycles. The van der Waals surface area contributed by atoms with Crippen LogP contribution in [0.3, 0.4) is 0 Å². The van der Waals surface area contributed by atoms with Gasteiger partial charge in [0.15, 0.2) is 5.70 Å². The van der Waals surface area contributed by atoms with Crippen molar-refractivity contribution in [1.82, 2.24) is 4.90 Å². The molecule has 3 aliphatic rings. The number of hydrogen-bond donors (Lipinski definition) is 0. The Balaban J connectivity index is 1.87. The van der Waals surface area contributed by atoms with E-state index in [1.54, 1.807) is 24.4 Å². The number of ether oxygens (including phenoxy) is 3. The number of amides is 1. The van der Waals surface area contributed by atoms with E-state index in [-0.39, 0.29) is 30.1 Å². The van der Waals surface area contributed by atoms with Crippen LogP contribution in [0.4, 0.5) is 5.69 Å². The molecule has 5 rings (SSSR count). The Morgan fingerprint density at radius 2 is 1.79 bits per heavy atom. The number of amidine groups is 1. The molecular formula is C28H25N3O7S. The normalized spacial score (nSPS) is 22.6. The standard InChI is InChI=1S/C28H25N3O7S/c1-5-6-13-30-17-11-8-7-10-16(17)28-15-18(24(33)36-2)31(23(32)19-12-9-14-39-19)27(28)29-21(26(35)38-4)20(22(28)30)25(34)37-3/h7-12,14,18,22H,13,15H2,1-4H3/t18-,22-,28-/m0/s1. The highest BCUT2D eigenvalue weighted by molar-refractivity contribution is 7.12. The lowest BCUT2D eigenvalue weighted by Gasteiger charge is -2.40. The Morgan fingerprint density at radius 1 is 1.05 bits per heavy atom. The minimum absolute atomic E-state index is 0.0313. The summed E-state index contributed by atoms with van der Waals surface area (Å²) < 4.78 is 15.3. The van der Waals surface area contributed by atoms with E-state index in [1.165, 1.54) is 37.6 Å². The van der Waals surface area contributed by atoms with Gasteiger partial charge in [-0.15, -0.1) is 17.3 Å². The average Bonchev–Trinajstić information content (AvgIpc) is 3.68. The summed E-state index contributed by atoms with van der Waals surface area (Å²) in [6, 6.07) is 8.86. The summed E-state index contributed by atoms with van der Waals surface area (Å²) in [6.45, 7) is 1.90. The van der Waals surface area contributed by atoms with Gasteiger partial charge in [-0.25, -0.2) is 19.4 Å². The fraction of sp³-hybridized carbons (Fsp3) is 0.321. The second-order valence-corrected chi connectivity index (χ2v) is 9.97. The van der Waals surface area contributed by atoms with Gasteiger partial charge in [-0.3, -0.25) is 9.69 Å². The Morgan fingerprint density at radius 3 is 2.44 bits per heavy atom. The number of nitrogens with zero attached hydrogens (tertiary/aromatic N) is 3. The lowest BCUT2D eigenvalue weighted by atomic mass is 9.69. The van der Waals surface area contributed by atoms with Crippen molar-refractivity contribution in [1.29, 1.82) is 0 Å². The number of aliphatic imine (C=N–C) groups is 1. The van der Waals surface area contributed by atoms with Crippen LogP contribution in [-0.2, 0) is 34.0 Å². The molecule has 2 aromatic rings. The number of carbonyl (C=O) groups is 4. The fourth-order valence-electron chi connectivity index (χ4n) is 5.81. The first-order chi connectivity index (χ1) is 18.8. The highest BCUT2D eigenvalue weighted by atomic mass is 32.1. The van der Waals surface area contributed by atoms with Crippen LogP contribution in [0, 0.1) is 11.8 Å². The van der Waals surface area contributed by atoms with Gasteiger partial charge in [-0.2, -0.15) is 0 Å². The van der Waals surface area contributed by atoms with E-state index in [1.807, 2.05) is 29.2 Å². The zero-order valence-electron chi connectivity index (χ0n) is 21.7. The summed E-state index contributed by atoms with van der Waals surface area (Å²) in [7, 11) is 3.64. The number of carbonyl (C=O) groups excluding carboxylic acids is 4. The Labute approximate surface area is 228 Å². The first-order valence-corrected chi connectivity index (χ1v) is 12.9. The molecule has 1 fully saturated rings. The molecule has 0 N–H and O–H groups in total. The van der Waals surface area contributed by atoms with Crippen molar-refractivity contribution in [2.45, 2.75) is 30.8 Å². The number of hydrogen-bond acceptors (Lipinski definition) is 10. The van der Waals surface area contributed by atoms with Crippen molar-refractivity contribution in [2.24, 2.45) is 4.99 Å². The number of rotatable bonds is 5. The van der Waals surface area contributed by atoms with Gasteiger partial charge in [0.25, 0.3) is 5.91 Å². The molecule has 0 aliphatic carbocycles. The molecular weight excluding hydrogens is 522 g/mol. The van der Waals surface area contributed by atoms with Gasteiger partial charge in [-0.05, 0) is 36.4 Å². The largest absolute Gasteiger partial charge is 0.467 e. The number of thiophene rings is 1. The number of methoxy groups -OCH3 is 3. The molecule has 1 aromatic carbocycles. The lowest BCUT2D eigenvalue weighted by Crippen LogP contribution is -2.55. The summed E-state index contributed by atoms with van der Waals surface area (Å²) in [5, 5.41) is 1.75. The highest BCUT2D eigenvalue weighted by Gasteiger charge is 2.67. The molecule has 1 saturated heterocycles. The Kier molecular flexibility index (Phi) is 6.74. The van der Waals surface area contributed by atoms with Crippen LogP contribution < -0.4 is 4.90 Å². The molecule has 1 amide bonds. The molecule has 200 valence electrons.